The van der Waals surface area contributed by atoms with Crippen LogP contribution in [0.5, 0.6) is 0 Å². The van der Waals surface area contributed by atoms with Gasteiger partial charge in [-0.1, -0.05) is 55.4 Å². The summed E-state index contributed by atoms with van der Waals surface area (Å²) in [5, 5.41) is 3.99. The maximum atomic E-state index is 2.59. The van der Waals surface area contributed by atoms with E-state index in [1.54, 1.807) is 4.21 Å². The van der Waals surface area contributed by atoms with E-state index in [0.29, 0.717) is 11.8 Å². The SMILES string of the molecule is CC(C)c1cc2cc3c(cc2s1)-c1cc2c(cc1C3(C)C)-c1cc3c(cc1C2(C)C)C=S(c1cc2sc(C(C)C)cc2s1)C3. The Kier molecular flexibility index (Phi) is 5.72. The van der Waals surface area contributed by atoms with Crippen molar-refractivity contribution in [1.29, 1.82) is 0 Å². The van der Waals surface area contributed by atoms with Gasteiger partial charge in [0, 0.05) is 40.4 Å². The van der Waals surface area contributed by atoms with E-state index >= 15 is 0 Å². The first-order valence-electron chi connectivity index (χ1n) is 15.9. The zero-order chi connectivity index (χ0) is 30.4. The second-order valence-corrected chi connectivity index (χ2v) is 20.2. The van der Waals surface area contributed by atoms with Gasteiger partial charge in [-0.2, -0.15) is 0 Å². The Labute approximate surface area is 275 Å². The van der Waals surface area contributed by atoms with Crippen LogP contribution < -0.4 is 0 Å². The molecule has 0 amide bonds. The third kappa shape index (κ3) is 3.72. The van der Waals surface area contributed by atoms with Gasteiger partial charge >= 0.3 is 0 Å². The molecule has 0 spiro atoms. The molecule has 0 bridgehead atoms. The molecule has 3 aromatic heterocycles. The number of hydrogen-bond donors (Lipinski definition) is 0. The predicted molar refractivity (Wildman–Crippen MR) is 200 cm³/mol. The molecule has 1 unspecified atom stereocenters. The molecule has 0 N–H and O–H groups in total. The molecular formula is C40H38S4. The maximum absolute atomic E-state index is 2.59. The van der Waals surface area contributed by atoms with Crippen LogP contribution in [0, 0.1) is 0 Å². The van der Waals surface area contributed by atoms with Crippen molar-refractivity contribution < 1.29 is 0 Å². The summed E-state index contributed by atoms with van der Waals surface area (Å²) in [7, 11) is 0.156. The fourth-order valence-electron chi connectivity index (χ4n) is 7.88. The highest BCUT2D eigenvalue weighted by Gasteiger charge is 2.42. The lowest BCUT2D eigenvalue weighted by Crippen LogP contribution is -2.17. The van der Waals surface area contributed by atoms with Gasteiger partial charge in [-0.3, -0.25) is 0 Å². The van der Waals surface area contributed by atoms with Gasteiger partial charge in [0.25, 0.3) is 0 Å². The minimum absolute atomic E-state index is 0.0147. The molecule has 222 valence electrons. The molecule has 9 rings (SSSR count). The van der Waals surface area contributed by atoms with E-state index in [4.69, 9.17) is 0 Å². The van der Waals surface area contributed by atoms with Crippen molar-refractivity contribution in [1.82, 2.24) is 0 Å². The zero-order valence-electron chi connectivity index (χ0n) is 26.8. The predicted octanol–water partition coefficient (Wildman–Crippen LogP) is 13.0. The fourth-order valence-corrected chi connectivity index (χ4v) is 13.9. The third-order valence-electron chi connectivity index (χ3n) is 10.6. The van der Waals surface area contributed by atoms with Gasteiger partial charge in [-0.15, -0.1) is 44.5 Å². The van der Waals surface area contributed by atoms with Gasteiger partial charge in [0.2, 0.25) is 0 Å². The Morgan fingerprint density at radius 1 is 0.568 bits per heavy atom. The van der Waals surface area contributed by atoms with E-state index in [0.717, 1.165) is 5.75 Å². The molecule has 0 nitrogen and oxygen atoms in total. The van der Waals surface area contributed by atoms with E-state index in [2.05, 4.69) is 115 Å². The second-order valence-electron chi connectivity index (χ2n) is 14.8. The van der Waals surface area contributed by atoms with Gasteiger partial charge < -0.3 is 0 Å². The minimum Gasteiger partial charge on any atom is -0.140 e. The number of hydrogen-bond acceptors (Lipinski definition) is 3. The lowest BCUT2D eigenvalue weighted by Gasteiger charge is -2.24. The molecule has 1 atom stereocenters. The molecule has 0 saturated carbocycles. The second kappa shape index (κ2) is 9.06. The Bertz CT molecular complexity index is 2220. The van der Waals surface area contributed by atoms with Crippen molar-refractivity contribution in [3.8, 4) is 22.3 Å². The Morgan fingerprint density at radius 2 is 1.11 bits per heavy atom. The van der Waals surface area contributed by atoms with Gasteiger partial charge in [0.1, 0.15) is 0 Å². The smallest absolute Gasteiger partial charge is 0.0569 e. The molecular weight excluding hydrogens is 609 g/mol. The summed E-state index contributed by atoms with van der Waals surface area (Å²) in [4.78, 5) is 2.99. The Balaban J connectivity index is 1.13. The summed E-state index contributed by atoms with van der Waals surface area (Å²) in [6.07, 6.45) is 0. The van der Waals surface area contributed by atoms with E-state index in [1.807, 2.05) is 34.0 Å². The topological polar surface area (TPSA) is 0 Å². The minimum atomic E-state index is -0.0205. The monoisotopic (exact) mass is 646 g/mol. The summed E-state index contributed by atoms with van der Waals surface area (Å²) in [5.41, 5.74) is 14.7. The average Bonchev–Trinajstić information content (AvgIpc) is 3.78. The van der Waals surface area contributed by atoms with Crippen LogP contribution in [0.4, 0.5) is 0 Å². The van der Waals surface area contributed by atoms with Crippen LogP contribution in [0.1, 0.15) is 110 Å². The molecule has 6 aromatic rings. The van der Waals surface area contributed by atoms with Crippen LogP contribution in [0.15, 0.2) is 58.8 Å². The van der Waals surface area contributed by atoms with Crippen molar-refractivity contribution >= 4 is 69.3 Å². The van der Waals surface area contributed by atoms with Gasteiger partial charge in [0.15, 0.2) is 0 Å². The molecule has 4 heteroatoms. The lowest BCUT2D eigenvalue weighted by molar-refractivity contribution is 0.652. The first-order chi connectivity index (χ1) is 20.9. The summed E-state index contributed by atoms with van der Waals surface area (Å²) in [6, 6.07) is 22.6. The van der Waals surface area contributed by atoms with Crippen LogP contribution in [0.2, 0.25) is 0 Å². The first kappa shape index (κ1) is 27.8. The third-order valence-corrected chi connectivity index (χ3v) is 17.0. The average molecular weight is 647 g/mol. The van der Waals surface area contributed by atoms with Crippen LogP contribution >= 0.6 is 44.5 Å². The summed E-state index contributed by atoms with van der Waals surface area (Å²) < 4.78 is 5.92. The number of fused-ring (bicyclic) bond motifs is 9. The molecule has 1 aliphatic heterocycles. The van der Waals surface area contributed by atoms with E-state index < -0.39 is 0 Å². The molecule has 4 heterocycles. The molecule has 3 aliphatic rings. The lowest BCUT2D eigenvalue weighted by atomic mass is 9.79. The van der Waals surface area contributed by atoms with E-state index in [-0.39, 0.29) is 21.3 Å². The van der Waals surface area contributed by atoms with Crippen molar-refractivity contribution in [2.75, 3.05) is 0 Å². The normalized spacial score (nSPS) is 18.6. The van der Waals surface area contributed by atoms with Gasteiger partial charge in [-0.05, 0) is 133 Å². The van der Waals surface area contributed by atoms with Crippen LogP contribution in [0.3, 0.4) is 0 Å². The Hall–Kier alpha value is -2.50. The first-order valence-corrected chi connectivity index (χ1v) is 19.8. The standard InChI is InChI=1S/C40H38S4/c1-20(2)33-12-22-10-29-28(15-35(22)41-33)27-14-31-26(13-32(27)39(29,5)6)25-9-23-18-44(19-24(23)11-30(25)40(31,7)8)38-17-37-36(43-38)16-34(42-37)21(3)4/h9-17,19-21H,18H2,1-8H3. The number of benzene rings is 3. The van der Waals surface area contributed by atoms with Gasteiger partial charge in [0.05, 0.1) is 4.21 Å². The zero-order valence-corrected chi connectivity index (χ0v) is 30.0. The van der Waals surface area contributed by atoms with E-state index in [1.165, 1.54) is 84.9 Å². The molecule has 44 heavy (non-hydrogen) atoms. The molecule has 0 saturated heterocycles. The summed E-state index contributed by atoms with van der Waals surface area (Å²) in [6.45, 7) is 19.0. The van der Waals surface area contributed by atoms with Crippen molar-refractivity contribution in [3.05, 3.63) is 97.7 Å². The van der Waals surface area contributed by atoms with Crippen LogP contribution in [-0.2, 0) is 16.6 Å². The Morgan fingerprint density at radius 3 is 1.77 bits per heavy atom. The highest BCUT2D eigenvalue weighted by Crippen LogP contribution is 2.58. The van der Waals surface area contributed by atoms with Gasteiger partial charge in [-0.25, -0.2) is 0 Å². The highest BCUT2D eigenvalue weighted by atomic mass is 32.2. The molecule has 0 fully saturated rings. The highest BCUT2D eigenvalue weighted by molar-refractivity contribution is 8.16. The van der Waals surface area contributed by atoms with Crippen LogP contribution in [-0.4, -0.2) is 5.37 Å². The quantitative estimate of drug-likeness (QED) is 0.168. The number of thiophene rings is 3. The molecule has 0 radical (unpaired) electrons. The fraction of sp³-hybridized carbons (Fsp3) is 0.325. The van der Waals surface area contributed by atoms with Crippen LogP contribution in [0.25, 0.3) is 41.7 Å². The summed E-state index contributed by atoms with van der Waals surface area (Å²) >= 11 is 5.98. The van der Waals surface area contributed by atoms with E-state index in [9.17, 15) is 0 Å². The molecule has 3 aromatic carbocycles. The largest absolute Gasteiger partial charge is 0.140 e. The maximum Gasteiger partial charge on any atom is 0.0569 e. The van der Waals surface area contributed by atoms with Crippen molar-refractivity contribution in [2.24, 2.45) is 0 Å². The van der Waals surface area contributed by atoms with Crippen molar-refractivity contribution in [3.63, 3.8) is 0 Å². The summed E-state index contributed by atoms with van der Waals surface area (Å²) in [5.74, 6) is 2.32. The number of rotatable bonds is 3. The van der Waals surface area contributed by atoms with Crippen molar-refractivity contribution in [2.45, 2.75) is 88.0 Å². The molecule has 2 aliphatic carbocycles.